The number of carbonyl (C=O) groups excluding carboxylic acids is 2. The van der Waals surface area contributed by atoms with Gasteiger partial charge in [-0.05, 0) is 69.2 Å². The van der Waals surface area contributed by atoms with Crippen LogP contribution >= 0.6 is 0 Å². The van der Waals surface area contributed by atoms with Crippen LogP contribution in [0.5, 0.6) is 5.75 Å². The fourth-order valence-electron chi connectivity index (χ4n) is 2.85. The third-order valence-electron chi connectivity index (χ3n) is 4.46. The summed E-state index contributed by atoms with van der Waals surface area (Å²) in [5.74, 6) is 0.367. The maximum Gasteiger partial charge on any atom is 0.338 e. The lowest BCUT2D eigenvalue weighted by Gasteiger charge is -2.16. The first-order valence-electron chi connectivity index (χ1n) is 9.85. The highest BCUT2D eigenvalue weighted by Crippen LogP contribution is 2.19. The lowest BCUT2D eigenvalue weighted by atomic mass is 9.97. The average molecular weight is 373 g/mol. The summed E-state index contributed by atoms with van der Waals surface area (Å²) in [6.45, 7) is 6.94. The first-order chi connectivity index (χ1) is 13.0. The van der Waals surface area contributed by atoms with Gasteiger partial charge in [-0.1, -0.05) is 25.5 Å². The first-order valence-corrected chi connectivity index (χ1v) is 9.85. The number of benzene rings is 1. The Morgan fingerprint density at radius 2 is 1.85 bits per heavy atom. The van der Waals surface area contributed by atoms with Gasteiger partial charge in [0.05, 0.1) is 12.2 Å². The predicted molar refractivity (Wildman–Crippen MR) is 106 cm³/mol. The highest BCUT2D eigenvalue weighted by atomic mass is 16.5. The summed E-state index contributed by atoms with van der Waals surface area (Å²) in [4.78, 5) is 24.3. The van der Waals surface area contributed by atoms with Crippen LogP contribution in [0.15, 0.2) is 35.9 Å². The number of ether oxygens (including phenoxy) is 2. The summed E-state index contributed by atoms with van der Waals surface area (Å²) in [6, 6.07) is 6.78. The molecule has 1 atom stereocenters. The highest BCUT2D eigenvalue weighted by molar-refractivity contribution is 5.92. The van der Waals surface area contributed by atoms with Crippen molar-refractivity contribution in [3.05, 3.63) is 41.5 Å². The molecule has 0 radical (unpaired) electrons. The zero-order valence-electron chi connectivity index (χ0n) is 16.6. The van der Waals surface area contributed by atoms with Crippen LogP contribution in [-0.2, 0) is 9.53 Å². The SMILES string of the molecule is CC(C)COc1ccc(C(=O)O[C@H](C)C(=O)NCCC2=CCCCC2)cc1. The van der Waals surface area contributed by atoms with Crippen molar-refractivity contribution in [2.45, 2.75) is 59.0 Å². The molecule has 1 aliphatic carbocycles. The molecule has 0 saturated carbocycles. The molecule has 1 aromatic carbocycles. The van der Waals surface area contributed by atoms with E-state index in [1.54, 1.807) is 31.2 Å². The number of carbonyl (C=O) groups is 2. The topological polar surface area (TPSA) is 64.6 Å². The third kappa shape index (κ3) is 7.45. The van der Waals surface area contributed by atoms with Gasteiger partial charge in [0, 0.05) is 6.54 Å². The predicted octanol–water partition coefficient (Wildman–Crippen LogP) is 4.27. The van der Waals surface area contributed by atoms with Crippen LogP contribution < -0.4 is 10.1 Å². The van der Waals surface area contributed by atoms with Crippen molar-refractivity contribution in [3.63, 3.8) is 0 Å². The van der Waals surface area contributed by atoms with Gasteiger partial charge in [-0.25, -0.2) is 4.79 Å². The van der Waals surface area contributed by atoms with Gasteiger partial charge in [0.1, 0.15) is 5.75 Å². The minimum atomic E-state index is -0.824. The molecule has 0 bridgehead atoms. The molecule has 1 aromatic rings. The second-order valence-corrected chi connectivity index (χ2v) is 7.43. The van der Waals surface area contributed by atoms with Crippen molar-refractivity contribution in [1.29, 1.82) is 0 Å². The molecule has 0 heterocycles. The fourth-order valence-corrected chi connectivity index (χ4v) is 2.85. The molecule has 0 fully saturated rings. The summed E-state index contributed by atoms with van der Waals surface area (Å²) >= 11 is 0. The van der Waals surface area contributed by atoms with Crippen LogP contribution in [0.25, 0.3) is 0 Å². The summed E-state index contributed by atoms with van der Waals surface area (Å²) < 4.78 is 10.9. The molecule has 27 heavy (non-hydrogen) atoms. The van der Waals surface area contributed by atoms with Gasteiger partial charge in [0.25, 0.3) is 5.91 Å². The van der Waals surface area contributed by atoms with Crippen LogP contribution in [0.2, 0.25) is 0 Å². The molecule has 0 saturated heterocycles. The summed E-state index contributed by atoms with van der Waals surface area (Å²) in [6.07, 6.45) is 7.06. The summed E-state index contributed by atoms with van der Waals surface area (Å²) in [5, 5.41) is 2.85. The number of hydrogen-bond donors (Lipinski definition) is 1. The Balaban J connectivity index is 1.74. The van der Waals surface area contributed by atoms with Gasteiger partial charge < -0.3 is 14.8 Å². The van der Waals surface area contributed by atoms with Gasteiger partial charge in [-0.3, -0.25) is 4.79 Å². The largest absolute Gasteiger partial charge is 0.493 e. The number of esters is 1. The molecule has 5 nitrogen and oxygen atoms in total. The average Bonchev–Trinajstić information content (AvgIpc) is 2.67. The molecule has 0 aliphatic heterocycles. The lowest BCUT2D eigenvalue weighted by molar-refractivity contribution is -0.129. The molecular formula is C22H31NO4. The molecule has 1 aliphatic rings. The number of nitrogens with one attached hydrogen (secondary N) is 1. The molecule has 5 heteroatoms. The Kier molecular flexibility index (Phi) is 8.37. The van der Waals surface area contributed by atoms with Crippen molar-refractivity contribution < 1.29 is 19.1 Å². The van der Waals surface area contributed by atoms with E-state index in [0.29, 0.717) is 30.4 Å². The van der Waals surface area contributed by atoms with Crippen LogP contribution in [0.3, 0.4) is 0 Å². The van der Waals surface area contributed by atoms with Gasteiger partial charge in [0.2, 0.25) is 0 Å². The van der Waals surface area contributed by atoms with Gasteiger partial charge in [-0.15, -0.1) is 0 Å². The Labute approximate surface area is 162 Å². The molecule has 1 N–H and O–H groups in total. The van der Waals surface area contributed by atoms with E-state index in [9.17, 15) is 9.59 Å². The minimum Gasteiger partial charge on any atom is -0.493 e. The van der Waals surface area contributed by atoms with E-state index in [4.69, 9.17) is 9.47 Å². The Hall–Kier alpha value is -2.30. The molecule has 0 unspecified atom stereocenters. The van der Waals surface area contributed by atoms with Crippen LogP contribution in [0.1, 0.15) is 63.2 Å². The number of hydrogen-bond acceptors (Lipinski definition) is 4. The maximum absolute atomic E-state index is 12.2. The molecule has 0 aromatic heterocycles. The molecular weight excluding hydrogens is 342 g/mol. The van der Waals surface area contributed by atoms with E-state index in [0.717, 1.165) is 19.3 Å². The zero-order valence-corrected chi connectivity index (χ0v) is 16.6. The summed E-state index contributed by atoms with van der Waals surface area (Å²) in [5.41, 5.74) is 1.81. The standard InChI is InChI=1S/C22H31NO4/c1-16(2)15-26-20-11-9-19(10-12-20)22(25)27-17(3)21(24)23-14-13-18-7-5-4-6-8-18/h7,9-12,16-17H,4-6,8,13-15H2,1-3H3,(H,23,24)/t17-/m1/s1. The van der Waals surface area contributed by atoms with Crippen molar-refractivity contribution in [1.82, 2.24) is 5.32 Å². The van der Waals surface area contributed by atoms with Crippen molar-refractivity contribution >= 4 is 11.9 Å². The zero-order chi connectivity index (χ0) is 19.6. The Morgan fingerprint density at radius 3 is 2.48 bits per heavy atom. The van der Waals surface area contributed by atoms with Gasteiger partial charge in [0.15, 0.2) is 6.10 Å². The number of amides is 1. The number of allylic oxidation sites excluding steroid dienone is 1. The Morgan fingerprint density at radius 1 is 1.11 bits per heavy atom. The summed E-state index contributed by atoms with van der Waals surface area (Å²) in [7, 11) is 0. The van der Waals surface area contributed by atoms with Crippen molar-refractivity contribution in [2.75, 3.05) is 13.2 Å². The highest BCUT2D eigenvalue weighted by Gasteiger charge is 2.18. The smallest absolute Gasteiger partial charge is 0.338 e. The van der Waals surface area contributed by atoms with E-state index >= 15 is 0 Å². The number of rotatable bonds is 9. The van der Waals surface area contributed by atoms with E-state index in [1.807, 2.05) is 0 Å². The van der Waals surface area contributed by atoms with E-state index < -0.39 is 12.1 Å². The maximum atomic E-state index is 12.2. The third-order valence-corrected chi connectivity index (χ3v) is 4.46. The molecule has 2 rings (SSSR count). The monoisotopic (exact) mass is 373 g/mol. The normalized spacial score (nSPS) is 15.0. The second kappa shape index (κ2) is 10.8. The van der Waals surface area contributed by atoms with E-state index in [-0.39, 0.29) is 5.91 Å². The van der Waals surface area contributed by atoms with Crippen molar-refractivity contribution in [2.24, 2.45) is 5.92 Å². The Bertz CT molecular complexity index is 649. The van der Waals surface area contributed by atoms with Gasteiger partial charge in [-0.2, -0.15) is 0 Å². The fraction of sp³-hybridized carbons (Fsp3) is 0.545. The van der Waals surface area contributed by atoms with Gasteiger partial charge >= 0.3 is 5.97 Å². The lowest BCUT2D eigenvalue weighted by Crippen LogP contribution is -2.36. The molecule has 148 valence electrons. The second-order valence-electron chi connectivity index (χ2n) is 7.43. The van der Waals surface area contributed by atoms with Crippen LogP contribution in [0.4, 0.5) is 0 Å². The molecule has 0 spiro atoms. The first kappa shape index (κ1) is 21.0. The quantitative estimate of drug-likeness (QED) is 0.518. The van der Waals surface area contributed by atoms with E-state index in [2.05, 4.69) is 25.2 Å². The van der Waals surface area contributed by atoms with Crippen molar-refractivity contribution in [3.8, 4) is 5.75 Å². The molecule has 1 amide bonds. The minimum absolute atomic E-state index is 0.267. The van der Waals surface area contributed by atoms with E-state index in [1.165, 1.54) is 18.4 Å². The van der Waals surface area contributed by atoms with Crippen LogP contribution in [-0.4, -0.2) is 31.1 Å². The van der Waals surface area contributed by atoms with Crippen LogP contribution in [0, 0.1) is 5.92 Å².